The molecule has 0 N–H and O–H groups in total. The Labute approximate surface area is 112 Å². The second-order valence-corrected chi connectivity index (χ2v) is 5.28. The molecular weight excluding hydrogens is 248 g/mol. The fourth-order valence-corrected chi connectivity index (χ4v) is 1.81. The van der Waals surface area contributed by atoms with Crippen molar-refractivity contribution in [2.75, 3.05) is 13.7 Å². The summed E-state index contributed by atoms with van der Waals surface area (Å²) in [4.78, 5) is 25.0. The standard InChI is InChI=1S/C13H18N2O4/c1-13(2,3)19-12(17)15-8-9(5-6-14)7-10(15)11(16)18-4/h5,10H,7-8H2,1-4H3/b9-5+/t10-/m0/s1. The van der Waals surface area contributed by atoms with E-state index >= 15 is 0 Å². The highest BCUT2D eigenvalue weighted by Crippen LogP contribution is 2.25. The third kappa shape index (κ3) is 3.98. The van der Waals surface area contributed by atoms with Gasteiger partial charge in [-0.1, -0.05) is 0 Å². The second kappa shape index (κ2) is 5.74. The summed E-state index contributed by atoms with van der Waals surface area (Å²) in [6, 6.07) is 1.18. The van der Waals surface area contributed by atoms with Crippen molar-refractivity contribution in [2.45, 2.75) is 38.8 Å². The lowest BCUT2D eigenvalue weighted by molar-refractivity contribution is -0.145. The van der Waals surface area contributed by atoms with Crippen molar-refractivity contribution >= 4 is 12.1 Å². The first-order chi connectivity index (χ1) is 8.78. The normalized spacial score (nSPS) is 21.1. The van der Waals surface area contributed by atoms with Crippen LogP contribution < -0.4 is 0 Å². The maximum Gasteiger partial charge on any atom is 0.411 e. The van der Waals surface area contributed by atoms with Crippen LogP contribution in [0.5, 0.6) is 0 Å². The highest BCUT2D eigenvalue weighted by molar-refractivity contribution is 5.83. The number of ether oxygens (including phenoxy) is 2. The molecule has 0 aromatic rings. The molecule has 0 aromatic carbocycles. The molecule has 0 radical (unpaired) electrons. The number of allylic oxidation sites excluding steroid dienone is 1. The van der Waals surface area contributed by atoms with E-state index in [1.807, 2.05) is 6.07 Å². The van der Waals surface area contributed by atoms with E-state index in [1.54, 1.807) is 20.8 Å². The maximum absolute atomic E-state index is 12.0. The molecule has 1 aliphatic rings. The molecule has 0 bridgehead atoms. The predicted octanol–water partition coefficient (Wildman–Crippen LogP) is 1.62. The highest BCUT2D eigenvalue weighted by Gasteiger charge is 2.39. The molecule has 1 atom stereocenters. The molecular formula is C13H18N2O4. The fraction of sp³-hybridized carbons (Fsp3) is 0.615. The first-order valence-corrected chi connectivity index (χ1v) is 5.93. The zero-order valence-electron chi connectivity index (χ0n) is 11.6. The lowest BCUT2D eigenvalue weighted by Crippen LogP contribution is -2.43. The van der Waals surface area contributed by atoms with Crippen LogP contribution in [0.3, 0.4) is 0 Å². The molecule has 0 saturated carbocycles. The molecule has 1 aliphatic heterocycles. The van der Waals surface area contributed by atoms with Gasteiger partial charge in [0.1, 0.15) is 11.6 Å². The maximum atomic E-state index is 12.0. The van der Waals surface area contributed by atoms with Gasteiger partial charge in [-0.2, -0.15) is 5.26 Å². The van der Waals surface area contributed by atoms with Gasteiger partial charge in [0, 0.05) is 19.0 Å². The second-order valence-electron chi connectivity index (χ2n) is 5.28. The average molecular weight is 266 g/mol. The number of likely N-dealkylation sites (tertiary alicyclic amines) is 1. The topological polar surface area (TPSA) is 79.6 Å². The number of amides is 1. The van der Waals surface area contributed by atoms with Crippen LogP contribution in [0.1, 0.15) is 27.2 Å². The Morgan fingerprint density at radius 3 is 2.58 bits per heavy atom. The number of esters is 1. The van der Waals surface area contributed by atoms with E-state index in [0.717, 1.165) is 0 Å². The molecule has 0 unspecified atom stereocenters. The first-order valence-electron chi connectivity index (χ1n) is 5.93. The van der Waals surface area contributed by atoms with Gasteiger partial charge in [0.25, 0.3) is 0 Å². The lowest BCUT2D eigenvalue weighted by atomic mass is 10.1. The Morgan fingerprint density at radius 1 is 1.47 bits per heavy atom. The number of methoxy groups -OCH3 is 1. The van der Waals surface area contributed by atoms with Crippen molar-refractivity contribution in [3.05, 3.63) is 11.6 Å². The van der Waals surface area contributed by atoms with E-state index in [9.17, 15) is 9.59 Å². The zero-order chi connectivity index (χ0) is 14.6. The SMILES string of the molecule is COC(=O)[C@@H]1C/C(=C\C#N)CN1C(=O)OC(C)(C)C. The number of hydrogen-bond acceptors (Lipinski definition) is 5. The summed E-state index contributed by atoms with van der Waals surface area (Å²) < 4.78 is 9.91. The molecule has 0 spiro atoms. The van der Waals surface area contributed by atoms with Crippen LogP contribution in [0.2, 0.25) is 0 Å². The Hall–Kier alpha value is -2.03. The van der Waals surface area contributed by atoms with Gasteiger partial charge in [0.05, 0.1) is 13.2 Å². The van der Waals surface area contributed by atoms with Crippen molar-refractivity contribution in [2.24, 2.45) is 0 Å². The Balaban J connectivity index is 2.89. The first kappa shape index (κ1) is 15.0. The third-order valence-corrected chi connectivity index (χ3v) is 2.58. The van der Waals surface area contributed by atoms with E-state index in [-0.39, 0.29) is 6.54 Å². The van der Waals surface area contributed by atoms with Crippen LogP contribution in [0.4, 0.5) is 4.79 Å². The largest absolute Gasteiger partial charge is 0.467 e. The molecule has 1 saturated heterocycles. The Bertz CT molecular complexity index is 443. The predicted molar refractivity (Wildman–Crippen MR) is 67.1 cm³/mol. The van der Waals surface area contributed by atoms with Gasteiger partial charge in [-0.05, 0) is 26.3 Å². The van der Waals surface area contributed by atoms with Crippen molar-refractivity contribution in [3.63, 3.8) is 0 Å². The number of carbonyl (C=O) groups is 2. The summed E-state index contributed by atoms with van der Waals surface area (Å²) in [5, 5.41) is 8.64. The molecule has 0 aliphatic carbocycles. The number of rotatable bonds is 1. The minimum atomic E-state index is -0.723. The van der Waals surface area contributed by atoms with Crippen LogP contribution >= 0.6 is 0 Å². The van der Waals surface area contributed by atoms with Crippen LogP contribution in [-0.2, 0) is 14.3 Å². The number of hydrogen-bond donors (Lipinski definition) is 0. The van der Waals surface area contributed by atoms with E-state index in [4.69, 9.17) is 10.00 Å². The number of nitrogens with zero attached hydrogens (tertiary/aromatic N) is 2. The van der Waals surface area contributed by atoms with E-state index < -0.39 is 23.7 Å². The van der Waals surface area contributed by atoms with Crippen LogP contribution in [0.25, 0.3) is 0 Å². The van der Waals surface area contributed by atoms with Crippen molar-refractivity contribution in [1.29, 1.82) is 5.26 Å². The summed E-state index contributed by atoms with van der Waals surface area (Å²) >= 11 is 0. The summed E-state index contributed by atoms with van der Waals surface area (Å²) in [7, 11) is 1.27. The molecule has 104 valence electrons. The van der Waals surface area contributed by atoms with E-state index in [2.05, 4.69) is 4.74 Å². The van der Waals surface area contributed by atoms with Gasteiger partial charge in [0.2, 0.25) is 0 Å². The summed E-state index contributed by atoms with van der Waals surface area (Å²) in [5.74, 6) is -0.507. The van der Waals surface area contributed by atoms with E-state index in [1.165, 1.54) is 18.1 Å². The molecule has 1 rings (SSSR count). The lowest BCUT2D eigenvalue weighted by Gasteiger charge is -2.27. The van der Waals surface area contributed by atoms with Crippen LogP contribution in [0.15, 0.2) is 11.6 Å². The Kier molecular flexibility index (Phi) is 4.54. The van der Waals surface area contributed by atoms with Gasteiger partial charge in [-0.3, -0.25) is 4.90 Å². The van der Waals surface area contributed by atoms with Crippen molar-refractivity contribution < 1.29 is 19.1 Å². The van der Waals surface area contributed by atoms with Gasteiger partial charge in [-0.15, -0.1) is 0 Å². The van der Waals surface area contributed by atoms with Crippen LogP contribution in [0, 0.1) is 11.3 Å². The molecule has 6 heteroatoms. The molecule has 1 fully saturated rings. The number of carbonyl (C=O) groups excluding carboxylic acids is 2. The van der Waals surface area contributed by atoms with Crippen molar-refractivity contribution in [1.82, 2.24) is 4.90 Å². The quantitative estimate of drug-likeness (QED) is 0.532. The van der Waals surface area contributed by atoms with Crippen LogP contribution in [-0.4, -0.2) is 42.3 Å². The smallest absolute Gasteiger partial charge is 0.411 e. The van der Waals surface area contributed by atoms with Gasteiger partial charge < -0.3 is 9.47 Å². The molecule has 0 aromatic heterocycles. The van der Waals surface area contributed by atoms with Gasteiger partial charge in [-0.25, -0.2) is 9.59 Å². The Morgan fingerprint density at radius 2 is 2.11 bits per heavy atom. The van der Waals surface area contributed by atoms with E-state index in [0.29, 0.717) is 12.0 Å². The molecule has 19 heavy (non-hydrogen) atoms. The minimum absolute atomic E-state index is 0.211. The van der Waals surface area contributed by atoms with Gasteiger partial charge in [0.15, 0.2) is 0 Å². The van der Waals surface area contributed by atoms with Gasteiger partial charge >= 0.3 is 12.1 Å². The minimum Gasteiger partial charge on any atom is -0.467 e. The summed E-state index contributed by atoms with van der Waals surface area (Å²) in [5.41, 5.74) is 0.0724. The molecule has 1 amide bonds. The zero-order valence-corrected chi connectivity index (χ0v) is 11.6. The number of nitriles is 1. The average Bonchev–Trinajstić information content (AvgIpc) is 2.70. The highest BCUT2D eigenvalue weighted by atomic mass is 16.6. The molecule has 6 nitrogen and oxygen atoms in total. The van der Waals surface area contributed by atoms with Crippen molar-refractivity contribution in [3.8, 4) is 6.07 Å². The summed E-state index contributed by atoms with van der Waals surface area (Å²) in [6.07, 6.45) is 1.07. The monoisotopic (exact) mass is 266 g/mol. The third-order valence-electron chi connectivity index (χ3n) is 2.58. The fourth-order valence-electron chi connectivity index (χ4n) is 1.81. The summed E-state index contributed by atoms with van der Waals surface area (Å²) in [6.45, 7) is 5.46. The molecule has 1 heterocycles.